The lowest BCUT2D eigenvalue weighted by Gasteiger charge is -2.25. The summed E-state index contributed by atoms with van der Waals surface area (Å²) in [7, 11) is 5.67. The Hall–Kier alpha value is -0.380. The molecule has 25 heavy (non-hydrogen) atoms. The fraction of sp³-hybridized carbons (Fsp3) is 0.611. The van der Waals surface area contributed by atoms with Crippen LogP contribution in [-0.4, -0.2) is 69.2 Å². The molecular weight excluding hydrogens is 495 g/mol. The van der Waals surface area contributed by atoms with Gasteiger partial charge in [-0.25, -0.2) is 0 Å². The van der Waals surface area contributed by atoms with Crippen LogP contribution in [0.25, 0.3) is 0 Å². The number of methoxy groups -OCH3 is 1. The van der Waals surface area contributed by atoms with Gasteiger partial charge in [-0.3, -0.25) is 9.89 Å². The minimum Gasteiger partial charge on any atom is -0.383 e. The normalized spacial score (nSPS) is 14.4. The maximum Gasteiger partial charge on any atom is 0.193 e. The second-order valence-electron chi connectivity index (χ2n) is 6.22. The van der Waals surface area contributed by atoms with Crippen LogP contribution in [0.1, 0.15) is 18.4 Å². The molecule has 1 fully saturated rings. The van der Waals surface area contributed by atoms with Crippen molar-refractivity contribution in [1.29, 1.82) is 0 Å². The van der Waals surface area contributed by atoms with Gasteiger partial charge in [0.05, 0.1) is 6.61 Å². The lowest BCUT2D eigenvalue weighted by Crippen LogP contribution is -2.43. The molecule has 0 aromatic heterocycles. The maximum absolute atomic E-state index is 5.21. The van der Waals surface area contributed by atoms with Crippen LogP contribution in [0.5, 0.6) is 0 Å². The molecule has 0 saturated heterocycles. The minimum atomic E-state index is 0. The first kappa shape index (κ1) is 22.7. The molecule has 0 heterocycles. The van der Waals surface area contributed by atoms with E-state index in [0.717, 1.165) is 49.3 Å². The molecule has 142 valence electrons. The molecular formula is C18H30BrIN4O. The van der Waals surface area contributed by atoms with Crippen LogP contribution in [0.3, 0.4) is 0 Å². The van der Waals surface area contributed by atoms with E-state index in [-0.39, 0.29) is 24.0 Å². The molecule has 0 bridgehead atoms. The number of nitrogens with zero attached hydrogens (tertiary/aromatic N) is 3. The Bertz CT molecular complexity index is 522. The summed E-state index contributed by atoms with van der Waals surface area (Å²) in [4.78, 5) is 9.07. The van der Waals surface area contributed by atoms with E-state index in [1.165, 1.54) is 18.4 Å². The summed E-state index contributed by atoms with van der Waals surface area (Å²) in [6.07, 6.45) is 2.64. The Morgan fingerprint density at radius 3 is 2.52 bits per heavy atom. The van der Waals surface area contributed by atoms with Crippen molar-refractivity contribution in [2.75, 3.05) is 47.4 Å². The molecule has 0 unspecified atom stereocenters. The highest BCUT2D eigenvalue weighted by Crippen LogP contribution is 2.25. The van der Waals surface area contributed by atoms with Gasteiger partial charge < -0.3 is 15.0 Å². The summed E-state index contributed by atoms with van der Waals surface area (Å²) in [6.45, 7) is 4.57. The Labute approximate surface area is 177 Å². The number of rotatable bonds is 9. The Morgan fingerprint density at radius 2 is 1.96 bits per heavy atom. The number of hydrogen-bond acceptors (Lipinski definition) is 3. The smallest absolute Gasteiger partial charge is 0.193 e. The zero-order valence-electron chi connectivity index (χ0n) is 15.4. The fourth-order valence-corrected chi connectivity index (χ4v) is 3.02. The highest BCUT2D eigenvalue weighted by molar-refractivity contribution is 14.0. The van der Waals surface area contributed by atoms with E-state index in [1.54, 1.807) is 7.11 Å². The number of guanidine groups is 1. The first-order valence-electron chi connectivity index (χ1n) is 8.53. The lowest BCUT2D eigenvalue weighted by molar-refractivity contribution is 0.144. The third-order valence-corrected chi connectivity index (χ3v) is 4.76. The van der Waals surface area contributed by atoms with Crippen LogP contribution < -0.4 is 5.32 Å². The number of hydrogen-bond donors (Lipinski definition) is 1. The average Bonchev–Trinajstić information content (AvgIpc) is 3.41. The van der Waals surface area contributed by atoms with Crippen molar-refractivity contribution in [2.24, 2.45) is 4.99 Å². The SMILES string of the molecule is CN=C(NCCN(CCOC)C1CC1)N(C)Cc1ccc(Br)cc1.I. The van der Waals surface area contributed by atoms with Gasteiger partial charge in [0.15, 0.2) is 5.96 Å². The number of ether oxygens (including phenoxy) is 1. The average molecular weight is 525 g/mol. The second-order valence-corrected chi connectivity index (χ2v) is 7.13. The standard InChI is InChI=1S/C18H29BrN4O.HI/c1-20-18(22(2)14-15-4-6-16(19)7-5-15)21-10-11-23(12-13-24-3)17-8-9-17;/h4-7,17H,8-14H2,1-3H3,(H,20,21);1H. The molecule has 1 saturated carbocycles. The molecule has 0 radical (unpaired) electrons. The van der Waals surface area contributed by atoms with E-state index in [1.807, 2.05) is 7.05 Å². The van der Waals surface area contributed by atoms with Gasteiger partial charge in [-0.2, -0.15) is 0 Å². The second kappa shape index (κ2) is 12.1. The molecule has 7 heteroatoms. The van der Waals surface area contributed by atoms with Gasteiger partial charge in [-0.1, -0.05) is 28.1 Å². The molecule has 1 aliphatic carbocycles. The minimum absolute atomic E-state index is 0. The zero-order valence-corrected chi connectivity index (χ0v) is 19.3. The molecule has 0 amide bonds. The van der Waals surface area contributed by atoms with Gasteiger partial charge in [0.1, 0.15) is 0 Å². The maximum atomic E-state index is 5.21. The van der Waals surface area contributed by atoms with Crippen molar-refractivity contribution < 1.29 is 4.74 Å². The third-order valence-electron chi connectivity index (χ3n) is 4.23. The quantitative estimate of drug-likeness (QED) is 0.306. The topological polar surface area (TPSA) is 40.1 Å². The van der Waals surface area contributed by atoms with Crippen LogP contribution >= 0.6 is 39.9 Å². The number of benzene rings is 1. The van der Waals surface area contributed by atoms with Gasteiger partial charge >= 0.3 is 0 Å². The molecule has 2 rings (SSSR count). The van der Waals surface area contributed by atoms with Crippen molar-refractivity contribution in [1.82, 2.24) is 15.1 Å². The van der Waals surface area contributed by atoms with Crippen molar-refractivity contribution in [3.8, 4) is 0 Å². The summed E-state index contributed by atoms with van der Waals surface area (Å²) in [5, 5.41) is 3.47. The molecule has 0 aliphatic heterocycles. The van der Waals surface area contributed by atoms with E-state index < -0.39 is 0 Å². The van der Waals surface area contributed by atoms with Crippen LogP contribution in [-0.2, 0) is 11.3 Å². The zero-order chi connectivity index (χ0) is 17.4. The highest BCUT2D eigenvalue weighted by atomic mass is 127. The Morgan fingerprint density at radius 1 is 1.28 bits per heavy atom. The molecule has 1 N–H and O–H groups in total. The van der Waals surface area contributed by atoms with E-state index in [0.29, 0.717) is 0 Å². The number of halogens is 2. The van der Waals surface area contributed by atoms with Crippen molar-refractivity contribution in [3.05, 3.63) is 34.3 Å². The van der Waals surface area contributed by atoms with Crippen LogP contribution in [0.4, 0.5) is 0 Å². The lowest BCUT2D eigenvalue weighted by atomic mass is 10.2. The molecule has 5 nitrogen and oxygen atoms in total. The monoisotopic (exact) mass is 524 g/mol. The first-order chi connectivity index (χ1) is 11.6. The van der Waals surface area contributed by atoms with Crippen LogP contribution in [0.15, 0.2) is 33.7 Å². The predicted molar refractivity (Wildman–Crippen MR) is 119 cm³/mol. The van der Waals surface area contributed by atoms with Crippen LogP contribution in [0, 0.1) is 0 Å². The largest absolute Gasteiger partial charge is 0.383 e. The van der Waals surface area contributed by atoms with E-state index in [4.69, 9.17) is 4.74 Å². The van der Waals surface area contributed by atoms with Gasteiger partial charge in [0.2, 0.25) is 0 Å². The van der Waals surface area contributed by atoms with Crippen molar-refractivity contribution >= 4 is 45.9 Å². The van der Waals surface area contributed by atoms with Gasteiger partial charge in [0, 0.05) is 57.9 Å². The third kappa shape index (κ3) is 8.23. The number of nitrogens with one attached hydrogen (secondary N) is 1. The van der Waals surface area contributed by atoms with E-state index in [9.17, 15) is 0 Å². The molecule has 0 atom stereocenters. The molecule has 1 aliphatic rings. The van der Waals surface area contributed by atoms with Crippen molar-refractivity contribution in [2.45, 2.75) is 25.4 Å². The van der Waals surface area contributed by atoms with Gasteiger partial charge in [-0.05, 0) is 30.5 Å². The van der Waals surface area contributed by atoms with Crippen molar-refractivity contribution in [3.63, 3.8) is 0 Å². The van der Waals surface area contributed by atoms with E-state index >= 15 is 0 Å². The fourth-order valence-electron chi connectivity index (χ4n) is 2.76. The Kier molecular flexibility index (Phi) is 11.0. The molecule has 0 spiro atoms. The molecule has 1 aromatic rings. The Balaban J connectivity index is 0.00000312. The van der Waals surface area contributed by atoms with Gasteiger partial charge in [-0.15, -0.1) is 24.0 Å². The summed E-state index contributed by atoms with van der Waals surface area (Å²) in [6, 6.07) is 9.16. The summed E-state index contributed by atoms with van der Waals surface area (Å²) in [5.41, 5.74) is 1.27. The predicted octanol–water partition coefficient (Wildman–Crippen LogP) is 3.19. The summed E-state index contributed by atoms with van der Waals surface area (Å²) < 4.78 is 6.32. The first-order valence-corrected chi connectivity index (χ1v) is 9.32. The van der Waals surface area contributed by atoms with E-state index in [2.05, 4.69) is 67.4 Å². The van der Waals surface area contributed by atoms with Gasteiger partial charge in [0.25, 0.3) is 0 Å². The number of aliphatic imine (C=N–C) groups is 1. The highest BCUT2D eigenvalue weighted by Gasteiger charge is 2.28. The van der Waals surface area contributed by atoms with Crippen LogP contribution in [0.2, 0.25) is 0 Å². The molecule has 1 aromatic carbocycles. The summed E-state index contributed by atoms with van der Waals surface area (Å²) >= 11 is 3.47. The summed E-state index contributed by atoms with van der Waals surface area (Å²) in [5.74, 6) is 0.931.